The van der Waals surface area contributed by atoms with Gasteiger partial charge in [0, 0.05) is 24.5 Å². The Hall–Kier alpha value is -3.23. The molecule has 1 saturated carbocycles. The Balaban J connectivity index is 1.36. The summed E-state index contributed by atoms with van der Waals surface area (Å²) in [6.07, 6.45) is 8.73. The molecule has 1 aliphatic heterocycles. The van der Waals surface area contributed by atoms with Crippen molar-refractivity contribution in [1.29, 1.82) is 0 Å². The number of furan rings is 1. The Bertz CT molecular complexity index is 1110. The maximum Gasteiger partial charge on any atom is 0.258 e. The summed E-state index contributed by atoms with van der Waals surface area (Å²) in [7, 11) is 1.58. The Morgan fingerprint density at radius 1 is 1.19 bits per heavy atom. The van der Waals surface area contributed by atoms with Crippen molar-refractivity contribution in [1.82, 2.24) is 24.8 Å². The number of ether oxygens (including phenoxy) is 1. The van der Waals surface area contributed by atoms with Crippen LogP contribution in [0.1, 0.15) is 60.3 Å². The largest absolute Gasteiger partial charge is 0.480 e. The van der Waals surface area contributed by atoms with E-state index in [0.717, 1.165) is 31.4 Å². The lowest BCUT2D eigenvalue weighted by atomic mass is 9.93. The van der Waals surface area contributed by atoms with Gasteiger partial charge in [-0.25, -0.2) is 15.0 Å². The van der Waals surface area contributed by atoms with E-state index in [-0.39, 0.29) is 17.4 Å². The molecule has 1 amide bonds. The molecule has 0 atom stereocenters. The van der Waals surface area contributed by atoms with E-state index in [1.54, 1.807) is 19.5 Å². The third-order valence-electron chi connectivity index (χ3n) is 6.36. The average Bonchev–Trinajstić information content (AvgIpc) is 3.41. The van der Waals surface area contributed by atoms with E-state index in [2.05, 4.69) is 32.2 Å². The van der Waals surface area contributed by atoms with Crippen LogP contribution in [0.2, 0.25) is 0 Å². The summed E-state index contributed by atoms with van der Waals surface area (Å²) in [5.74, 6) is 2.00. The normalized spacial score (nSPS) is 18.2. The fourth-order valence-corrected chi connectivity index (χ4v) is 4.17. The van der Waals surface area contributed by atoms with Gasteiger partial charge in [-0.1, -0.05) is 0 Å². The molecule has 9 heteroatoms. The Morgan fingerprint density at radius 2 is 1.97 bits per heavy atom. The van der Waals surface area contributed by atoms with Crippen LogP contribution in [0.25, 0.3) is 11.1 Å². The SMILES string of the molecule is COc1cnc(C2CCN(C(=O)c3c(C)oc4ncnc(NC5(C)CC5)c34)CC2)cn1. The number of amides is 1. The molecule has 3 aromatic rings. The quantitative estimate of drug-likeness (QED) is 0.667. The monoisotopic (exact) mass is 422 g/mol. The molecule has 162 valence electrons. The van der Waals surface area contributed by atoms with Crippen LogP contribution in [-0.4, -0.2) is 56.5 Å². The molecule has 31 heavy (non-hydrogen) atoms. The highest BCUT2D eigenvalue weighted by Crippen LogP contribution is 2.40. The highest BCUT2D eigenvalue weighted by atomic mass is 16.5. The molecule has 4 heterocycles. The minimum Gasteiger partial charge on any atom is -0.480 e. The maximum atomic E-state index is 13.5. The zero-order valence-corrected chi connectivity index (χ0v) is 18.0. The van der Waals surface area contributed by atoms with Gasteiger partial charge in [-0.05, 0) is 39.5 Å². The number of methoxy groups -OCH3 is 1. The Morgan fingerprint density at radius 3 is 2.61 bits per heavy atom. The summed E-state index contributed by atoms with van der Waals surface area (Å²) in [6.45, 7) is 5.27. The molecule has 5 rings (SSSR count). The molecule has 1 aliphatic carbocycles. The Kier molecular flexibility index (Phi) is 4.75. The van der Waals surface area contributed by atoms with E-state index < -0.39 is 0 Å². The summed E-state index contributed by atoms with van der Waals surface area (Å²) in [5.41, 5.74) is 1.98. The third kappa shape index (κ3) is 3.68. The molecule has 1 N–H and O–H groups in total. The second-order valence-electron chi connectivity index (χ2n) is 8.67. The number of nitrogens with zero attached hydrogens (tertiary/aromatic N) is 5. The molecule has 9 nitrogen and oxygen atoms in total. The molecule has 0 unspecified atom stereocenters. The van der Waals surface area contributed by atoms with Gasteiger partial charge < -0.3 is 19.4 Å². The van der Waals surface area contributed by atoms with Crippen molar-refractivity contribution in [3.05, 3.63) is 35.7 Å². The van der Waals surface area contributed by atoms with Crippen molar-refractivity contribution in [2.24, 2.45) is 0 Å². The number of hydrogen-bond acceptors (Lipinski definition) is 8. The smallest absolute Gasteiger partial charge is 0.258 e. The van der Waals surface area contributed by atoms with Gasteiger partial charge >= 0.3 is 0 Å². The van der Waals surface area contributed by atoms with E-state index in [9.17, 15) is 4.79 Å². The lowest BCUT2D eigenvalue weighted by molar-refractivity contribution is 0.0712. The molecule has 0 radical (unpaired) electrons. The van der Waals surface area contributed by atoms with Crippen LogP contribution in [0.5, 0.6) is 5.88 Å². The fraction of sp³-hybridized carbons (Fsp3) is 0.500. The van der Waals surface area contributed by atoms with Gasteiger partial charge in [-0.2, -0.15) is 0 Å². The molecule has 1 saturated heterocycles. The minimum absolute atomic E-state index is 0.0323. The number of fused-ring (bicyclic) bond motifs is 1. The molecular formula is C22H26N6O3. The lowest BCUT2D eigenvalue weighted by Crippen LogP contribution is -2.38. The molecule has 3 aromatic heterocycles. The van der Waals surface area contributed by atoms with Gasteiger partial charge in [-0.15, -0.1) is 0 Å². The summed E-state index contributed by atoms with van der Waals surface area (Å²) in [6, 6.07) is 0. The van der Waals surface area contributed by atoms with Gasteiger partial charge in [0.1, 0.15) is 17.9 Å². The van der Waals surface area contributed by atoms with Gasteiger partial charge in [0.25, 0.3) is 5.91 Å². The van der Waals surface area contributed by atoms with Crippen molar-refractivity contribution in [2.45, 2.75) is 51.0 Å². The van der Waals surface area contributed by atoms with Crippen molar-refractivity contribution < 1.29 is 13.9 Å². The summed E-state index contributed by atoms with van der Waals surface area (Å²) in [5, 5.41) is 4.16. The van der Waals surface area contributed by atoms with Crippen LogP contribution in [0, 0.1) is 6.92 Å². The number of likely N-dealkylation sites (tertiary alicyclic amines) is 1. The fourth-order valence-electron chi connectivity index (χ4n) is 4.17. The van der Waals surface area contributed by atoms with E-state index in [1.165, 1.54) is 6.33 Å². The van der Waals surface area contributed by atoms with Crippen LogP contribution < -0.4 is 10.1 Å². The summed E-state index contributed by atoms with van der Waals surface area (Å²) >= 11 is 0. The van der Waals surface area contributed by atoms with E-state index in [0.29, 0.717) is 47.2 Å². The van der Waals surface area contributed by atoms with E-state index in [4.69, 9.17) is 9.15 Å². The number of piperidine rings is 1. The number of aromatic nitrogens is 4. The van der Waals surface area contributed by atoms with Crippen LogP contribution in [-0.2, 0) is 0 Å². The van der Waals surface area contributed by atoms with Gasteiger partial charge in [0.05, 0.1) is 36.1 Å². The van der Waals surface area contributed by atoms with Crippen molar-refractivity contribution in [2.75, 3.05) is 25.5 Å². The Labute approximate surface area is 180 Å². The molecule has 0 aromatic carbocycles. The van der Waals surface area contributed by atoms with E-state index >= 15 is 0 Å². The van der Waals surface area contributed by atoms with Crippen molar-refractivity contribution in [3.63, 3.8) is 0 Å². The minimum atomic E-state index is -0.0330. The summed E-state index contributed by atoms with van der Waals surface area (Å²) < 4.78 is 10.9. The average molecular weight is 422 g/mol. The lowest BCUT2D eigenvalue weighted by Gasteiger charge is -2.31. The van der Waals surface area contributed by atoms with Gasteiger partial charge in [-0.3, -0.25) is 9.78 Å². The summed E-state index contributed by atoms with van der Waals surface area (Å²) in [4.78, 5) is 32.8. The molecule has 0 bridgehead atoms. The first-order valence-corrected chi connectivity index (χ1v) is 10.6. The number of anilines is 1. The van der Waals surface area contributed by atoms with Crippen molar-refractivity contribution >= 4 is 22.8 Å². The maximum absolute atomic E-state index is 13.5. The molecule has 0 spiro atoms. The molecule has 2 fully saturated rings. The first-order chi connectivity index (χ1) is 15.0. The number of carbonyl (C=O) groups is 1. The second-order valence-corrected chi connectivity index (χ2v) is 8.67. The molecular weight excluding hydrogens is 396 g/mol. The number of carbonyl (C=O) groups excluding carboxylic acids is 1. The third-order valence-corrected chi connectivity index (χ3v) is 6.36. The zero-order valence-electron chi connectivity index (χ0n) is 18.0. The topological polar surface area (TPSA) is 106 Å². The highest BCUT2D eigenvalue weighted by molar-refractivity contribution is 6.10. The second kappa shape index (κ2) is 7.47. The van der Waals surface area contributed by atoms with Crippen LogP contribution in [0.4, 0.5) is 5.82 Å². The number of rotatable bonds is 5. The van der Waals surface area contributed by atoms with Crippen LogP contribution >= 0.6 is 0 Å². The first-order valence-electron chi connectivity index (χ1n) is 10.6. The van der Waals surface area contributed by atoms with Crippen LogP contribution in [0.15, 0.2) is 23.1 Å². The van der Waals surface area contributed by atoms with Crippen LogP contribution in [0.3, 0.4) is 0 Å². The van der Waals surface area contributed by atoms with E-state index in [1.807, 2.05) is 11.8 Å². The number of aryl methyl sites for hydroxylation is 1. The predicted octanol–water partition coefficient (Wildman–Crippen LogP) is 3.31. The van der Waals surface area contributed by atoms with Crippen molar-refractivity contribution in [3.8, 4) is 5.88 Å². The zero-order chi connectivity index (χ0) is 21.6. The first kappa shape index (κ1) is 19.7. The highest BCUT2D eigenvalue weighted by Gasteiger charge is 2.39. The van der Waals surface area contributed by atoms with Gasteiger partial charge in [0.2, 0.25) is 11.6 Å². The molecule has 2 aliphatic rings. The van der Waals surface area contributed by atoms with Gasteiger partial charge in [0.15, 0.2) is 0 Å². The number of nitrogens with one attached hydrogen (secondary N) is 1. The predicted molar refractivity (Wildman–Crippen MR) is 114 cm³/mol. The number of hydrogen-bond donors (Lipinski definition) is 1. The standard InChI is InChI=1S/C22H26N6O3/c1-13-17(18-19(27-22(2)6-7-22)25-12-26-20(18)31-13)21(29)28-8-4-14(5-9-28)15-10-24-16(30-3)11-23-15/h10-12,14H,4-9H2,1-3H3,(H,25,26,27).